The van der Waals surface area contributed by atoms with Crippen LogP contribution in [0.4, 0.5) is 0 Å². The largest absolute Gasteiger partial charge is 0.461 e. The Morgan fingerprint density at radius 2 is 1.90 bits per heavy atom. The molecular weight excluding hydrogens is 368 g/mol. The summed E-state index contributed by atoms with van der Waals surface area (Å²) in [6.07, 6.45) is 2.59. The van der Waals surface area contributed by atoms with Crippen LogP contribution in [0.15, 0.2) is 12.2 Å². The Kier molecular flexibility index (Phi) is 4.66. The van der Waals surface area contributed by atoms with Crippen LogP contribution in [0.5, 0.6) is 0 Å². The van der Waals surface area contributed by atoms with Crippen molar-refractivity contribution < 1.29 is 24.2 Å². The second-order valence-electron chi connectivity index (χ2n) is 10.6. The Morgan fingerprint density at radius 3 is 2.55 bits per heavy atom. The van der Waals surface area contributed by atoms with Crippen molar-refractivity contribution in [3.05, 3.63) is 12.2 Å². The molecule has 0 aromatic heterocycles. The second kappa shape index (κ2) is 6.50. The van der Waals surface area contributed by atoms with Gasteiger partial charge in [-0.25, -0.2) is 0 Å². The van der Waals surface area contributed by atoms with E-state index >= 15 is 0 Å². The Hall–Kier alpha value is -1.49. The third-order valence-corrected chi connectivity index (χ3v) is 9.13. The quantitative estimate of drug-likeness (QED) is 0.576. The summed E-state index contributed by atoms with van der Waals surface area (Å²) in [5.74, 6) is -0.541. The van der Waals surface area contributed by atoms with Crippen molar-refractivity contribution in [3.63, 3.8) is 0 Å². The molecule has 0 amide bonds. The summed E-state index contributed by atoms with van der Waals surface area (Å²) in [7, 11) is 0. The fraction of sp³-hybridized carbons (Fsp3) is 0.792. The summed E-state index contributed by atoms with van der Waals surface area (Å²) in [5, 5.41) is 11.4. The minimum atomic E-state index is -1.11. The lowest BCUT2D eigenvalue weighted by Crippen LogP contribution is -2.68. The number of hydrogen-bond donors (Lipinski definition) is 1. The van der Waals surface area contributed by atoms with Gasteiger partial charge in [0.15, 0.2) is 5.78 Å². The molecule has 29 heavy (non-hydrogen) atoms. The SMILES string of the molecule is C=C1C(=O)C23C(OC(=O)CCC)C[C@@H]4C(C)(C)C(=O)CC[C@@]4(C)C2CCC1C3O. The van der Waals surface area contributed by atoms with E-state index < -0.39 is 23.0 Å². The van der Waals surface area contributed by atoms with E-state index in [0.29, 0.717) is 24.8 Å². The van der Waals surface area contributed by atoms with Crippen molar-refractivity contribution >= 4 is 17.5 Å². The Labute approximate surface area is 173 Å². The number of Topliss-reactive ketones (excluding diaryl/α,β-unsaturated/α-hetero) is 2. The van der Waals surface area contributed by atoms with Crippen molar-refractivity contribution in [1.82, 2.24) is 0 Å². The number of aliphatic hydroxyl groups is 1. The molecular formula is C24H34O5. The molecule has 4 fully saturated rings. The van der Waals surface area contributed by atoms with Crippen molar-refractivity contribution in [1.29, 1.82) is 0 Å². The number of esters is 1. The Morgan fingerprint density at radius 1 is 1.21 bits per heavy atom. The van der Waals surface area contributed by atoms with Crippen LogP contribution >= 0.6 is 0 Å². The molecule has 0 aromatic carbocycles. The van der Waals surface area contributed by atoms with Gasteiger partial charge in [-0.1, -0.05) is 34.3 Å². The number of aliphatic hydroxyl groups excluding tert-OH is 1. The summed E-state index contributed by atoms with van der Waals surface area (Å²) in [5.41, 5.74) is -1.41. The fourth-order valence-corrected chi connectivity index (χ4v) is 7.68. The maximum absolute atomic E-state index is 13.6. The number of fused-ring (bicyclic) bond motifs is 3. The highest BCUT2D eigenvalue weighted by molar-refractivity contribution is 6.04. The molecule has 4 rings (SSSR count). The van der Waals surface area contributed by atoms with Crippen LogP contribution in [0.2, 0.25) is 0 Å². The molecule has 0 radical (unpaired) electrons. The molecule has 4 saturated carbocycles. The number of rotatable bonds is 3. The predicted octanol–water partition coefficient (Wildman–Crippen LogP) is 3.63. The van der Waals surface area contributed by atoms with Crippen LogP contribution in [-0.4, -0.2) is 34.9 Å². The molecule has 160 valence electrons. The molecule has 0 heterocycles. The van der Waals surface area contributed by atoms with Crippen molar-refractivity contribution in [2.75, 3.05) is 0 Å². The number of ketones is 2. The topological polar surface area (TPSA) is 80.7 Å². The Balaban J connectivity index is 1.86. The molecule has 2 bridgehead atoms. The first-order chi connectivity index (χ1) is 13.5. The van der Waals surface area contributed by atoms with Crippen LogP contribution in [0, 0.1) is 34.0 Å². The highest BCUT2D eigenvalue weighted by atomic mass is 16.5. The van der Waals surface area contributed by atoms with E-state index in [0.717, 1.165) is 19.3 Å². The monoisotopic (exact) mass is 402 g/mol. The molecule has 5 unspecified atom stereocenters. The molecule has 0 aromatic rings. The molecule has 7 atom stereocenters. The molecule has 4 aliphatic carbocycles. The molecule has 4 aliphatic rings. The summed E-state index contributed by atoms with van der Waals surface area (Å²) in [4.78, 5) is 38.9. The Bertz CT molecular complexity index is 782. The highest BCUT2D eigenvalue weighted by Gasteiger charge is 2.75. The van der Waals surface area contributed by atoms with E-state index in [1.807, 2.05) is 20.8 Å². The minimum Gasteiger partial charge on any atom is -0.461 e. The van der Waals surface area contributed by atoms with Gasteiger partial charge < -0.3 is 9.84 Å². The average Bonchev–Trinajstić information content (AvgIpc) is 2.76. The van der Waals surface area contributed by atoms with Crippen molar-refractivity contribution in [3.8, 4) is 0 Å². The van der Waals surface area contributed by atoms with Crippen LogP contribution < -0.4 is 0 Å². The van der Waals surface area contributed by atoms with Crippen LogP contribution in [0.25, 0.3) is 0 Å². The highest BCUT2D eigenvalue weighted by Crippen LogP contribution is 2.71. The minimum absolute atomic E-state index is 0.0108. The molecule has 0 aliphatic heterocycles. The zero-order chi connectivity index (χ0) is 21.4. The first-order valence-corrected chi connectivity index (χ1v) is 11.2. The van der Waals surface area contributed by atoms with Crippen LogP contribution in [0.3, 0.4) is 0 Å². The van der Waals surface area contributed by atoms with Gasteiger partial charge in [0.05, 0.1) is 11.5 Å². The maximum atomic E-state index is 13.6. The first kappa shape index (κ1) is 20.8. The molecule has 1 spiro atoms. The lowest BCUT2D eigenvalue weighted by atomic mass is 9.39. The molecule has 1 N–H and O–H groups in total. The van der Waals surface area contributed by atoms with E-state index in [1.165, 1.54) is 0 Å². The van der Waals surface area contributed by atoms with E-state index in [9.17, 15) is 19.5 Å². The van der Waals surface area contributed by atoms with Gasteiger partial charge >= 0.3 is 5.97 Å². The summed E-state index contributed by atoms with van der Waals surface area (Å²) >= 11 is 0. The van der Waals surface area contributed by atoms with Gasteiger partial charge in [0.25, 0.3) is 0 Å². The fourth-order valence-electron chi connectivity index (χ4n) is 7.68. The number of carbonyl (C=O) groups excluding carboxylic acids is 3. The van der Waals surface area contributed by atoms with E-state index in [-0.39, 0.29) is 47.1 Å². The lowest BCUT2D eigenvalue weighted by molar-refractivity contribution is -0.231. The van der Waals surface area contributed by atoms with Crippen LogP contribution in [0.1, 0.15) is 72.6 Å². The van der Waals surface area contributed by atoms with E-state index in [1.54, 1.807) is 0 Å². The van der Waals surface area contributed by atoms with Gasteiger partial charge in [-0.15, -0.1) is 0 Å². The number of carbonyl (C=O) groups is 3. The lowest BCUT2D eigenvalue weighted by Gasteiger charge is -2.64. The zero-order valence-corrected chi connectivity index (χ0v) is 18.1. The summed E-state index contributed by atoms with van der Waals surface area (Å²) < 4.78 is 5.96. The zero-order valence-electron chi connectivity index (χ0n) is 18.1. The van der Waals surface area contributed by atoms with Crippen molar-refractivity contribution in [2.24, 2.45) is 34.0 Å². The number of ether oxygens (including phenoxy) is 1. The van der Waals surface area contributed by atoms with Gasteiger partial charge in [-0.3, -0.25) is 14.4 Å². The van der Waals surface area contributed by atoms with Gasteiger partial charge in [-0.2, -0.15) is 0 Å². The maximum Gasteiger partial charge on any atom is 0.306 e. The average molecular weight is 403 g/mol. The standard InChI is InChI=1S/C24H34O5/c1-6-7-19(26)29-18-12-16-22(3,4)17(25)10-11-23(16,5)15-9-8-14-13(2)20(27)24(15,18)21(14)28/h14-16,18,21,28H,2,6-12H2,1,3-5H3/t14?,15?,16-,18?,21?,23+,24?/m1/s1. The molecule has 5 nitrogen and oxygen atoms in total. The normalized spacial score (nSPS) is 45.6. The third kappa shape index (κ3) is 2.46. The van der Waals surface area contributed by atoms with Gasteiger partial charge in [0.2, 0.25) is 0 Å². The first-order valence-electron chi connectivity index (χ1n) is 11.2. The third-order valence-electron chi connectivity index (χ3n) is 9.13. The molecule has 0 saturated heterocycles. The second-order valence-corrected chi connectivity index (χ2v) is 10.6. The smallest absolute Gasteiger partial charge is 0.306 e. The van der Waals surface area contributed by atoms with E-state index in [2.05, 4.69) is 13.5 Å². The molecule has 5 heteroatoms. The summed E-state index contributed by atoms with van der Waals surface area (Å²) in [6, 6.07) is 0. The summed E-state index contributed by atoms with van der Waals surface area (Å²) in [6.45, 7) is 12.1. The van der Waals surface area contributed by atoms with Crippen LogP contribution in [-0.2, 0) is 19.1 Å². The van der Waals surface area contributed by atoms with Crippen molar-refractivity contribution in [2.45, 2.75) is 84.8 Å². The van der Waals surface area contributed by atoms with Gasteiger partial charge in [0.1, 0.15) is 11.9 Å². The van der Waals surface area contributed by atoms with Gasteiger partial charge in [0, 0.05) is 24.2 Å². The predicted molar refractivity (Wildman–Crippen MR) is 108 cm³/mol. The van der Waals surface area contributed by atoms with E-state index in [4.69, 9.17) is 4.74 Å². The number of hydrogen-bond acceptors (Lipinski definition) is 5. The van der Waals surface area contributed by atoms with Gasteiger partial charge in [-0.05, 0) is 54.9 Å².